The van der Waals surface area contributed by atoms with E-state index in [0.29, 0.717) is 17.0 Å². The fourth-order valence-electron chi connectivity index (χ4n) is 2.94. The number of carbonyl (C=O) groups excluding carboxylic acids is 1. The first-order valence-corrected chi connectivity index (χ1v) is 9.59. The van der Waals surface area contributed by atoms with Gasteiger partial charge in [-0.25, -0.2) is 0 Å². The van der Waals surface area contributed by atoms with E-state index >= 15 is 0 Å². The Morgan fingerprint density at radius 1 is 1.07 bits per heavy atom. The SMILES string of the molecule is CC1=NN(c2ccc(S(=O)(=O)O)cc2)C(=O)C1=C(c1ccccc1)N(C)C.[H-].[Na+]. The summed E-state index contributed by atoms with van der Waals surface area (Å²) in [6.45, 7) is 1.76. The molecule has 3 rings (SSSR count). The van der Waals surface area contributed by atoms with Crippen molar-refractivity contribution in [2.24, 2.45) is 5.10 Å². The van der Waals surface area contributed by atoms with Crippen LogP contribution in [0.15, 0.2) is 70.2 Å². The van der Waals surface area contributed by atoms with Crippen molar-refractivity contribution in [3.8, 4) is 0 Å². The van der Waals surface area contributed by atoms with Crippen LogP contribution in [0, 0.1) is 0 Å². The number of carbonyl (C=O) groups is 1. The summed E-state index contributed by atoms with van der Waals surface area (Å²) < 4.78 is 31.5. The van der Waals surface area contributed by atoms with Gasteiger partial charge in [0.1, 0.15) is 0 Å². The molecule has 1 heterocycles. The van der Waals surface area contributed by atoms with Crippen LogP contribution in [0.2, 0.25) is 0 Å². The molecule has 9 heteroatoms. The largest absolute Gasteiger partial charge is 1.00 e. The first kappa shape index (κ1) is 22.3. The number of hydrogen-bond donors (Lipinski definition) is 1. The number of anilines is 1. The minimum atomic E-state index is -4.29. The van der Waals surface area contributed by atoms with E-state index in [4.69, 9.17) is 4.55 Å². The maximum atomic E-state index is 13.1. The molecule has 0 radical (unpaired) electrons. The average Bonchev–Trinajstić information content (AvgIpc) is 2.91. The maximum Gasteiger partial charge on any atom is 1.00 e. The molecule has 0 bridgehead atoms. The molecule has 0 aliphatic carbocycles. The van der Waals surface area contributed by atoms with Crippen LogP contribution < -0.4 is 34.6 Å². The summed E-state index contributed by atoms with van der Waals surface area (Å²) in [7, 11) is -0.573. The summed E-state index contributed by atoms with van der Waals surface area (Å²) in [5.41, 5.74) is 3.09. The molecule has 2 aromatic rings. The number of hydrogen-bond acceptors (Lipinski definition) is 5. The van der Waals surface area contributed by atoms with Gasteiger partial charge in [0, 0.05) is 14.1 Å². The van der Waals surface area contributed by atoms with Gasteiger partial charge < -0.3 is 6.33 Å². The fraction of sp³-hybridized carbons (Fsp3) is 0.158. The zero-order valence-electron chi connectivity index (χ0n) is 17.1. The van der Waals surface area contributed by atoms with Gasteiger partial charge in [0.25, 0.3) is 16.0 Å². The van der Waals surface area contributed by atoms with E-state index in [1.54, 1.807) is 6.92 Å². The van der Waals surface area contributed by atoms with Crippen molar-refractivity contribution in [3.05, 3.63) is 65.7 Å². The van der Waals surface area contributed by atoms with Crippen LogP contribution in [0.25, 0.3) is 5.70 Å². The normalized spacial score (nSPS) is 15.8. The smallest absolute Gasteiger partial charge is 1.00 e. The average molecular weight is 409 g/mol. The topological polar surface area (TPSA) is 90.3 Å². The molecule has 0 saturated heterocycles. The van der Waals surface area contributed by atoms with E-state index in [1.165, 1.54) is 29.3 Å². The predicted molar refractivity (Wildman–Crippen MR) is 105 cm³/mol. The van der Waals surface area contributed by atoms with E-state index in [0.717, 1.165) is 11.3 Å². The number of amides is 1. The van der Waals surface area contributed by atoms with Crippen LogP contribution in [0.4, 0.5) is 5.69 Å². The van der Waals surface area contributed by atoms with Crippen molar-refractivity contribution in [3.63, 3.8) is 0 Å². The Labute approximate surface area is 187 Å². The molecule has 1 aliphatic heterocycles. The summed E-state index contributed by atoms with van der Waals surface area (Å²) >= 11 is 0. The molecule has 142 valence electrons. The van der Waals surface area contributed by atoms with Gasteiger partial charge >= 0.3 is 29.6 Å². The number of nitrogens with zero attached hydrogens (tertiary/aromatic N) is 3. The molecule has 0 unspecified atom stereocenters. The first-order chi connectivity index (χ1) is 12.7. The van der Waals surface area contributed by atoms with Gasteiger partial charge in [-0.3, -0.25) is 9.35 Å². The van der Waals surface area contributed by atoms with E-state index in [9.17, 15) is 13.2 Å². The van der Waals surface area contributed by atoms with Gasteiger partial charge in [0.15, 0.2) is 0 Å². The molecule has 0 atom stereocenters. The molecular formula is C19H20N3NaO4S. The molecule has 0 fully saturated rings. The number of hydrazone groups is 1. The maximum absolute atomic E-state index is 13.1. The number of benzene rings is 2. The van der Waals surface area contributed by atoms with Crippen molar-refractivity contribution < 1.29 is 48.7 Å². The molecule has 0 aromatic heterocycles. The summed E-state index contributed by atoms with van der Waals surface area (Å²) in [5.74, 6) is -0.306. The first-order valence-electron chi connectivity index (χ1n) is 8.15. The molecule has 7 nitrogen and oxygen atoms in total. The molecule has 28 heavy (non-hydrogen) atoms. The molecule has 1 aliphatic rings. The summed E-state index contributed by atoms with van der Waals surface area (Å²) in [6.07, 6.45) is 0. The summed E-state index contributed by atoms with van der Waals surface area (Å²) in [5, 5.41) is 5.57. The summed E-state index contributed by atoms with van der Waals surface area (Å²) in [6, 6.07) is 14.9. The van der Waals surface area contributed by atoms with Gasteiger partial charge in [-0.05, 0) is 36.8 Å². The minimum Gasteiger partial charge on any atom is -1.00 e. The van der Waals surface area contributed by atoms with Crippen molar-refractivity contribution in [2.45, 2.75) is 11.8 Å². The Morgan fingerprint density at radius 3 is 2.14 bits per heavy atom. The Bertz CT molecular complexity index is 1050. The Hall–Kier alpha value is -1.97. The zero-order chi connectivity index (χ0) is 19.8. The van der Waals surface area contributed by atoms with Gasteiger partial charge in [-0.15, -0.1) is 0 Å². The standard InChI is InChI=1S/C19H19N3O4S.Na.H/c1-13-17(18(21(2)3)14-7-5-4-6-8-14)19(23)22(20-13)15-9-11-16(12-10-15)27(24,25)26;;/h4-12H,1-3H3,(H,24,25,26);;/q;+1;-1. The van der Waals surface area contributed by atoms with Crippen LogP contribution in [0.3, 0.4) is 0 Å². The molecule has 1 amide bonds. The van der Waals surface area contributed by atoms with Crippen molar-refractivity contribution in [1.29, 1.82) is 0 Å². The second kappa shape index (κ2) is 8.59. The van der Waals surface area contributed by atoms with Crippen LogP contribution in [-0.2, 0) is 14.9 Å². The minimum absolute atomic E-state index is 0. The molecule has 2 aromatic carbocycles. The molecular weight excluding hydrogens is 389 g/mol. The van der Waals surface area contributed by atoms with Gasteiger partial charge in [-0.1, -0.05) is 30.3 Å². The van der Waals surface area contributed by atoms with E-state index in [1.807, 2.05) is 49.3 Å². The van der Waals surface area contributed by atoms with E-state index in [-0.39, 0.29) is 41.8 Å². The third-order valence-corrected chi connectivity index (χ3v) is 5.00. The van der Waals surface area contributed by atoms with Crippen molar-refractivity contribution in [1.82, 2.24) is 4.90 Å². The third-order valence-electron chi connectivity index (χ3n) is 4.13. The Balaban J connectivity index is 0.00000210. The number of rotatable bonds is 4. The quantitative estimate of drug-likeness (QED) is 0.427. The monoisotopic (exact) mass is 409 g/mol. The second-order valence-electron chi connectivity index (χ2n) is 6.26. The predicted octanol–water partition coefficient (Wildman–Crippen LogP) is -0.255. The van der Waals surface area contributed by atoms with Gasteiger partial charge in [0.05, 0.1) is 27.6 Å². The van der Waals surface area contributed by atoms with Gasteiger partial charge in [0.2, 0.25) is 0 Å². The van der Waals surface area contributed by atoms with Crippen LogP contribution >= 0.6 is 0 Å². The van der Waals surface area contributed by atoms with Crippen LogP contribution in [0.5, 0.6) is 0 Å². The second-order valence-corrected chi connectivity index (χ2v) is 7.68. The molecule has 1 N–H and O–H groups in total. The van der Waals surface area contributed by atoms with Crippen LogP contribution in [-0.4, -0.2) is 43.6 Å². The third kappa shape index (κ3) is 4.37. The fourth-order valence-corrected chi connectivity index (χ4v) is 3.42. The van der Waals surface area contributed by atoms with Crippen LogP contribution in [0.1, 0.15) is 13.9 Å². The van der Waals surface area contributed by atoms with Crippen molar-refractivity contribution >= 4 is 33.1 Å². The summed E-state index contributed by atoms with van der Waals surface area (Å²) in [4.78, 5) is 14.7. The Kier molecular flexibility index (Phi) is 6.84. The zero-order valence-corrected chi connectivity index (χ0v) is 18.9. The van der Waals surface area contributed by atoms with Gasteiger partial charge in [-0.2, -0.15) is 18.5 Å². The van der Waals surface area contributed by atoms with Crippen molar-refractivity contribution in [2.75, 3.05) is 19.1 Å². The molecule has 0 saturated carbocycles. The van der Waals surface area contributed by atoms with E-state index in [2.05, 4.69) is 5.10 Å². The van der Waals surface area contributed by atoms with E-state index < -0.39 is 10.1 Å². The Morgan fingerprint density at radius 2 is 1.64 bits per heavy atom. The molecule has 0 spiro atoms.